The highest BCUT2D eigenvalue weighted by atomic mass is 16.5. The number of rotatable bonds is 10. The molecule has 2 aromatic rings. The predicted octanol–water partition coefficient (Wildman–Crippen LogP) is 3.04. The summed E-state index contributed by atoms with van der Waals surface area (Å²) < 4.78 is 5.62. The van der Waals surface area contributed by atoms with E-state index in [9.17, 15) is 19.5 Å². The zero-order valence-electron chi connectivity index (χ0n) is 18.9. The summed E-state index contributed by atoms with van der Waals surface area (Å²) in [5.41, 5.74) is 4.53. The van der Waals surface area contributed by atoms with Gasteiger partial charge < -0.3 is 25.6 Å². The zero-order valence-corrected chi connectivity index (χ0v) is 18.9. The van der Waals surface area contributed by atoms with Crippen molar-refractivity contribution >= 4 is 18.0 Å². The average Bonchev–Trinajstić information content (AvgIpc) is 3.10. The molecule has 0 aliphatic heterocycles. The number of alkyl carbamates (subject to hydrolysis) is 1. The van der Waals surface area contributed by atoms with Gasteiger partial charge in [-0.1, -0.05) is 55.0 Å². The number of benzene rings is 2. The van der Waals surface area contributed by atoms with E-state index in [1.165, 1.54) is 0 Å². The Balaban J connectivity index is 1.37. The summed E-state index contributed by atoms with van der Waals surface area (Å²) >= 11 is 0. The van der Waals surface area contributed by atoms with Crippen LogP contribution in [0.1, 0.15) is 49.1 Å². The second kappa shape index (κ2) is 10.7. The van der Waals surface area contributed by atoms with E-state index in [4.69, 9.17) is 9.84 Å². The van der Waals surface area contributed by atoms with Crippen LogP contribution in [0.2, 0.25) is 0 Å². The Kier molecular flexibility index (Phi) is 7.47. The smallest absolute Gasteiger partial charge is 0.407 e. The Morgan fingerprint density at radius 3 is 2.12 bits per heavy atom. The van der Waals surface area contributed by atoms with Crippen molar-refractivity contribution in [3.8, 4) is 11.1 Å². The summed E-state index contributed by atoms with van der Waals surface area (Å²) in [5, 5.41) is 23.5. The van der Waals surface area contributed by atoms with Crippen molar-refractivity contribution in [3.05, 3.63) is 59.7 Å². The first kappa shape index (κ1) is 23.8. The Morgan fingerprint density at radius 2 is 1.59 bits per heavy atom. The van der Waals surface area contributed by atoms with Gasteiger partial charge in [0.1, 0.15) is 12.6 Å². The first-order chi connectivity index (χ1) is 16.5. The molecule has 180 valence electrons. The van der Waals surface area contributed by atoms with Gasteiger partial charge in [0.15, 0.2) is 0 Å². The number of hydrogen-bond donors (Lipinski definition) is 4. The van der Waals surface area contributed by atoms with E-state index in [0.29, 0.717) is 0 Å². The lowest BCUT2D eigenvalue weighted by molar-refractivity contribution is -0.142. The molecule has 4 N–H and O–H groups in total. The van der Waals surface area contributed by atoms with E-state index in [0.717, 1.165) is 41.5 Å². The zero-order chi connectivity index (χ0) is 24.1. The van der Waals surface area contributed by atoms with Crippen LogP contribution in [0.3, 0.4) is 0 Å². The SMILES string of the molecule is O=C(CC(NC(=O)OCC1c2ccccc2-c2ccccc21)C1CCC1)NC(CCO)C(=O)O. The molecule has 0 aromatic heterocycles. The van der Waals surface area contributed by atoms with Gasteiger partial charge in [0.25, 0.3) is 0 Å². The molecule has 1 saturated carbocycles. The quantitative estimate of drug-likeness (QED) is 0.427. The number of carbonyl (C=O) groups is 3. The monoisotopic (exact) mass is 466 g/mol. The number of fused-ring (bicyclic) bond motifs is 3. The molecule has 0 radical (unpaired) electrons. The molecule has 4 rings (SSSR count). The molecule has 2 aliphatic rings. The molecule has 2 atom stereocenters. The summed E-state index contributed by atoms with van der Waals surface area (Å²) in [5.74, 6) is -1.59. The Morgan fingerprint density at radius 1 is 0.971 bits per heavy atom. The topological polar surface area (TPSA) is 125 Å². The molecule has 2 amide bonds. The molecule has 8 heteroatoms. The van der Waals surface area contributed by atoms with Crippen molar-refractivity contribution in [2.75, 3.05) is 13.2 Å². The molecule has 0 spiro atoms. The molecule has 8 nitrogen and oxygen atoms in total. The second-order valence-corrected chi connectivity index (χ2v) is 8.94. The van der Waals surface area contributed by atoms with Gasteiger partial charge in [0, 0.05) is 31.4 Å². The van der Waals surface area contributed by atoms with Gasteiger partial charge in [-0.15, -0.1) is 0 Å². The lowest BCUT2D eigenvalue weighted by Crippen LogP contribution is -2.48. The largest absolute Gasteiger partial charge is 0.480 e. The van der Waals surface area contributed by atoms with Crippen LogP contribution >= 0.6 is 0 Å². The summed E-state index contributed by atoms with van der Waals surface area (Å²) in [6, 6.07) is 14.6. The number of carboxylic acids is 1. The number of aliphatic hydroxyl groups excluding tert-OH is 1. The minimum Gasteiger partial charge on any atom is -0.480 e. The third-order valence-corrected chi connectivity index (χ3v) is 6.82. The molecule has 0 saturated heterocycles. The fraction of sp³-hybridized carbons (Fsp3) is 0.423. The van der Waals surface area contributed by atoms with Crippen molar-refractivity contribution in [3.63, 3.8) is 0 Å². The fourth-order valence-corrected chi connectivity index (χ4v) is 4.81. The summed E-state index contributed by atoms with van der Waals surface area (Å²) in [7, 11) is 0. The van der Waals surface area contributed by atoms with Crippen molar-refractivity contribution in [2.24, 2.45) is 5.92 Å². The van der Waals surface area contributed by atoms with E-state index < -0.39 is 30.1 Å². The van der Waals surface area contributed by atoms with E-state index >= 15 is 0 Å². The first-order valence-corrected chi connectivity index (χ1v) is 11.7. The van der Waals surface area contributed by atoms with Crippen LogP contribution in [-0.4, -0.2) is 53.5 Å². The first-order valence-electron chi connectivity index (χ1n) is 11.7. The third-order valence-electron chi connectivity index (χ3n) is 6.82. The minimum atomic E-state index is -1.20. The van der Waals surface area contributed by atoms with Gasteiger partial charge >= 0.3 is 12.1 Å². The number of aliphatic hydroxyl groups is 1. The van der Waals surface area contributed by atoms with Crippen LogP contribution in [-0.2, 0) is 14.3 Å². The lowest BCUT2D eigenvalue weighted by atomic mass is 9.78. The molecule has 34 heavy (non-hydrogen) atoms. The second-order valence-electron chi connectivity index (χ2n) is 8.94. The molecule has 0 heterocycles. The number of carboxylic acid groups (broad SMARTS) is 1. The highest BCUT2D eigenvalue weighted by Crippen LogP contribution is 2.44. The van der Waals surface area contributed by atoms with Crippen molar-refractivity contribution in [1.29, 1.82) is 0 Å². The summed E-state index contributed by atoms with van der Waals surface area (Å²) in [6.07, 6.45) is 2.11. The molecule has 2 aliphatic carbocycles. The van der Waals surface area contributed by atoms with E-state index in [2.05, 4.69) is 22.8 Å². The summed E-state index contributed by atoms with van der Waals surface area (Å²) in [6.45, 7) is -0.164. The molecule has 2 aromatic carbocycles. The number of aliphatic carboxylic acids is 1. The van der Waals surface area contributed by atoms with Crippen LogP contribution < -0.4 is 10.6 Å². The van der Waals surface area contributed by atoms with Crippen molar-refractivity contribution in [1.82, 2.24) is 10.6 Å². The normalized spacial score (nSPS) is 16.5. The Hall–Kier alpha value is -3.39. The molecular formula is C26H30N2O6. The van der Waals surface area contributed by atoms with Crippen LogP contribution in [0, 0.1) is 5.92 Å². The van der Waals surface area contributed by atoms with Gasteiger partial charge in [-0.05, 0) is 41.0 Å². The predicted molar refractivity (Wildman–Crippen MR) is 125 cm³/mol. The molecule has 2 unspecified atom stereocenters. The number of carbonyl (C=O) groups excluding carboxylic acids is 2. The number of hydrogen-bond acceptors (Lipinski definition) is 5. The van der Waals surface area contributed by atoms with E-state index in [1.807, 2.05) is 36.4 Å². The van der Waals surface area contributed by atoms with E-state index in [-0.39, 0.29) is 37.9 Å². The molecular weight excluding hydrogens is 436 g/mol. The Bertz CT molecular complexity index is 1010. The van der Waals surface area contributed by atoms with Crippen molar-refractivity contribution in [2.45, 2.75) is 50.1 Å². The maximum absolute atomic E-state index is 12.7. The molecule has 1 fully saturated rings. The average molecular weight is 467 g/mol. The summed E-state index contributed by atoms with van der Waals surface area (Å²) in [4.78, 5) is 36.4. The van der Waals surface area contributed by atoms with E-state index in [1.54, 1.807) is 0 Å². The van der Waals surface area contributed by atoms with Crippen LogP contribution in [0.15, 0.2) is 48.5 Å². The van der Waals surface area contributed by atoms with Crippen molar-refractivity contribution < 1.29 is 29.3 Å². The third kappa shape index (κ3) is 5.22. The minimum absolute atomic E-state index is 0.0376. The van der Waals surface area contributed by atoms with Gasteiger partial charge in [-0.25, -0.2) is 9.59 Å². The lowest BCUT2D eigenvalue weighted by Gasteiger charge is -2.34. The maximum atomic E-state index is 12.7. The van der Waals surface area contributed by atoms with Gasteiger partial charge in [-0.3, -0.25) is 4.79 Å². The highest BCUT2D eigenvalue weighted by molar-refractivity contribution is 5.84. The van der Waals surface area contributed by atoms with Gasteiger partial charge in [0.05, 0.1) is 0 Å². The number of amides is 2. The number of nitrogens with one attached hydrogen (secondary N) is 2. The Labute approximate surface area is 198 Å². The van der Waals surface area contributed by atoms with Crippen LogP contribution in [0.4, 0.5) is 4.79 Å². The highest BCUT2D eigenvalue weighted by Gasteiger charge is 2.33. The number of ether oxygens (including phenoxy) is 1. The van der Waals surface area contributed by atoms with Gasteiger partial charge in [-0.2, -0.15) is 0 Å². The van der Waals surface area contributed by atoms with Gasteiger partial charge in [0.2, 0.25) is 5.91 Å². The van der Waals surface area contributed by atoms with Crippen LogP contribution in [0.5, 0.6) is 0 Å². The standard InChI is InChI=1S/C26H30N2O6/c29-13-12-22(25(31)32)27-24(30)14-23(16-6-5-7-16)28-26(33)34-15-21-19-10-3-1-8-17(19)18-9-2-4-11-20(18)21/h1-4,8-11,16,21-23,29H,5-7,12-15H2,(H,27,30)(H,28,33)(H,31,32). The molecule has 0 bridgehead atoms. The fourth-order valence-electron chi connectivity index (χ4n) is 4.81. The maximum Gasteiger partial charge on any atom is 0.407 e. The van der Waals surface area contributed by atoms with Crippen LogP contribution in [0.25, 0.3) is 11.1 Å².